The molecule has 1 saturated carbocycles. The molecule has 0 aromatic carbocycles. The van der Waals surface area contributed by atoms with E-state index < -0.39 is 0 Å². The second kappa shape index (κ2) is 3.65. The molecule has 1 heterocycles. The number of hydrogen-bond donors (Lipinski definition) is 1. The van der Waals surface area contributed by atoms with Crippen LogP contribution in [-0.4, -0.2) is 37.1 Å². The molecule has 2 rings (SSSR count). The molecule has 0 aromatic heterocycles. The quantitative estimate of drug-likeness (QED) is 0.689. The van der Waals surface area contributed by atoms with Gasteiger partial charge in [-0.2, -0.15) is 5.26 Å². The predicted octanol–water partition coefficient (Wildman–Crippen LogP) is 0.582. The highest BCUT2D eigenvalue weighted by molar-refractivity contribution is 4.98. The average molecular weight is 179 g/mol. The maximum atomic E-state index is 8.82. The minimum absolute atomic E-state index is 0.0133. The lowest BCUT2D eigenvalue weighted by atomic mass is 10.1. The van der Waals surface area contributed by atoms with E-state index in [1.165, 1.54) is 25.8 Å². The standard InChI is InChI=1S/C10H17N3/c1-12-9(5-11)7-13-6-8-2-3-10(13)4-8/h8-10,12H,2-4,6-7H2,1H3/t8-,9?,10+/m1/s1. The Labute approximate surface area is 79.7 Å². The lowest BCUT2D eigenvalue weighted by molar-refractivity contribution is 0.204. The molecule has 0 spiro atoms. The third kappa shape index (κ3) is 1.70. The largest absolute Gasteiger partial charge is 0.304 e. The Hall–Kier alpha value is -0.590. The third-order valence-corrected chi connectivity index (χ3v) is 3.44. The molecule has 3 atom stereocenters. The van der Waals surface area contributed by atoms with Crippen molar-refractivity contribution >= 4 is 0 Å². The third-order valence-electron chi connectivity index (χ3n) is 3.44. The van der Waals surface area contributed by atoms with Crippen molar-refractivity contribution < 1.29 is 0 Å². The SMILES string of the molecule is CNC(C#N)CN1C[C@@H]2CC[C@H]1C2. The first-order valence-electron chi connectivity index (χ1n) is 5.14. The first kappa shape index (κ1) is 8.98. The summed E-state index contributed by atoms with van der Waals surface area (Å²) in [5.41, 5.74) is 0. The van der Waals surface area contributed by atoms with Crippen LogP contribution in [0.15, 0.2) is 0 Å². The fraction of sp³-hybridized carbons (Fsp3) is 0.900. The normalized spacial score (nSPS) is 34.8. The van der Waals surface area contributed by atoms with E-state index in [2.05, 4.69) is 16.3 Å². The summed E-state index contributed by atoms with van der Waals surface area (Å²) in [7, 11) is 1.86. The topological polar surface area (TPSA) is 39.1 Å². The van der Waals surface area contributed by atoms with E-state index >= 15 is 0 Å². The van der Waals surface area contributed by atoms with Gasteiger partial charge in [0, 0.05) is 19.1 Å². The molecule has 1 N–H and O–H groups in total. The molecule has 2 aliphatic rings. The molecule has 3 heteroatoms. The number of nitrogens with zero attached hydrogens (tertiary/aromatic N) is 2. The fourth-order valence-corrected chi connectivity index (χ4v) is 2.68. The van der Waals surface area contributed by atoms with E-state index in [4.69, 9.17) is 5.26 Å². The molecule has 1 aliphatic carbocycles. The highest BCUT2D eigenvalue weighted by Gasteiger charge is 2.38. The second-order valence-corrected chi connectivity index (χ2v) is 4.26. The number of rotatable bonds is 3. The van der Waals surface area contributed by atoms with Crippen LogP contribution in [0.3, 0.4) is 0 Å². The van der Waals surface area contributed by atoms with Gasteiger partial charge in [0.2, 0.25) is 0 Å². The highest BCUT2D eigenvalue weighted by atomic mass is 15.2. The molecule has 0 aromatic rings. The lowest BCUT2D eigenvalue weighted by Crippen LogP contribution is -2.42. The average Bonchev–Trinajstić information content (AvgIpc) is 2.75. The Kier molecular flexibility index (Phi) is 2.52. The van der Waals surface area contributed by atoms with Crippen molar-refractivity contribution in [1.29, 1.82) is 5.26 Å². The van der Waals surface area contributed by atoms with Gasteiger partial charge in [-0.05, 0) is 32.2 Å². The monoisotopic (exact) mass is 179 g/mol. The zero-order valence-electron chi connectivity index (χ0n) is 8.16. The van der Waals surface area contributed by atoms with Gasteiger partial charge < -0.3 is 5.32 Å². The van der Waals surface area contributed by atoms with Crippen LogP contribution < -0.4 is 5.32 Å². The summed E-state index contributed by atoms with van der Waals surface area (Å²) in [4.78, 5) is 2.48. The Morgan fingerprint density at radius 2 is 2.46 bits per heavy atom. The van der Waals surface area contributed by atoms with Crippen molar-refractivity contribution in [3.63, 3.8) is 0 Å². The molecule has 1 aliphatic heterocycles. The summed E-state index contributed by atoms with van der Waals surface area (Å²) in [6.45, 7) is 2.14. The maximum Gasteiger partial charge on any atom is 0.108 e. The Balaban J connectivity index is 1.86. The molecular formula is C10H17N3. The number of nitriles is 1. The van der Waals surface area contributed by atoms with Crippen molar-refractivity contribution in [2.45, 2.75) is 31.3 Å². The van der Waals surface area contributed by atoms with Crippen molar-refractivity contribution in [2.24, 2.45) is 5.92 Å². The van der Waals surface area contributed by atoms with Crippen LogP contribution in [0.1, 0.15) is 19.3 Å². The summed E-state index contributed by atoms with van der Waals surface area (Å²) in [6.07, 6.45) is 4.15. The summed E-state index contributed by atoms with van der Waals surface area (Å²) in [5, 5.41) is 11.9. The summed E-state index contributed by atoms with van der Waals surface area (Å²) < 4.78 is 0. The lowest BCUT2D eigenvalue weighted by Gasteiger charge is -2.28. The summed E-state index contributed by atoms with van der Waals surface area (Å²) >= 11 is 0. The van der Waals surface area contributed by atoms with Gasteiger partial charge in [0.1, 0.15) is 6.04 Å². The van der Waals surface area contributed by atoms with Gasteiger partial charge in [-0.1, -0.05) is 0 Å². The van der Waals surface area contributed by atoms with E-state index in [1.54, 1.807) is 0 Å². The van der Waals surface area contributed by atoms with Crippen molar-refractivity contribution in [1.82, 2.24) is 10.2 Å². The number of fused-ring (bicyclic) bond motifs is 2. The van der Waals surface area contributed by atoms with Crippen LogP contribution in [0.5, 0.6) is 0 Å². The first-order chi connectivity index (χ1) is 6.33. The van der Waals surface area contributed by atoms with Gasteiger partial charge in [0.05, 0.1) is 6.07 Å². The van der Waals surface area contributed by atoms with Gasteiger partial charge in [0.25, 0.3) is 0 Å². The van der Waals surface area contributed by atoms with E-state index in [9.17, 15) is 0 Å². The first-order valence-corrected chi connectivity index (χ1v) is 5.14. The van der Waals surface area contributed by atoms with Crippen LogP contribution in [0, 0.1) is 17.2 Å². The molecule has 13 heavy (non-hydrogen) atoms. The van der Waals surface area contributed by atoms with Crippen molar-refractivity contribution in [2.75, 3.05) is 20.1 Å². The van der Waals surface area contributed by atoms with Gasteiger partial charge in [-0.3, -0.25) is 4.90 Å². The molecule has 1 saturated heterocycles. The maximum absolute atomic E-state index is 8.82. The molecule has 0 amide bonds. The van der Waals surface area contributed by atoms with Crippen LogP contribution in [0.25, 0.3) is 0 Å². The number of hydrogen-bond acceptors (Lipinski definition) is 3. The molecule has 0 radical (unpaired) electrons. The molecule has 2 fully saturated rings. The smallest absolute Gasteiger partial charge is 0.108 e. The number of likely N-dealkylation sites (tertiary alicyclic amines) is 1. The summed E-state index contributed by atoms with van der Waals surface area (Å²) in [5.74, 6) is 0.932. The Morgan fingerprint density at radius 1 is 1.62 bits per heavy atom. The van der Waals surface area contributed by atoms with E-state index in [-0.39, 0.29) is 6.04 Å². The van der Waals surface area contributed by atoms with Gasteiger partial charge in [-0.15, -0.1) is 0 Å². The predicted molar refractivity (Wildman–Crippen MR) is 51.2 cm³/mol. The van der Waals surface area contributed by atoms with Gasteiger partial charge in [0.15, 0.2) is 0 Å². The van der Waals surface area contributed by atoms with Crippen molar-refractivity contribution in [3.05, 3.63) is 0 Å². The van der Waals surface area contributed by atoms with Gasteiger partial charge in [-0.25, -0.2) is 0 Å². The van der Waals surface area contributed by atoms with Crippen LogP contribution >= 0.6 is 0 Å². The number of piperidine rings is 1. The summed E-state index contributed by atoms with van der Waals surface area (Å²) in [6, 6.07) is 3.08. The van der Waals surface area contributed by atoms with E-state index in [0.717, 1.165) is 18.5 Å². The Morgan fingerprint density at radius 3 is 2.92 bits per heavy atom. The molecule has 1 unspecified atom stereocenters. The minimum Gasteiger partial charge on any atom is -0.304 e. The van der Waals surface area contributed by atoms with E-state index in [0.29, 0.717) is 0 Å². The molecule has 72 valence electrons. The van der Waals surface area contributed by atoms with Crippen LogP contribution in [0.2, 0.25) is 0 Å². The van der Waals surface area contributed by atoms with E-state index in [1.807, 2.05) is 7.05 Å². The minimum atomic E-state index is 0.0133. The zero-order valence-corrected chi connectivity index (χ0v) is 8.16. The molecule has 2 bridgehead atoms. The van der Waals surface area contributed by atoms with Crippen LogP contribution in [-0.2, 0) is 0 Å². The Bertz CT molecular complexity index is 221. The number of nitrogens with one attached hydrogen (secondary N) is 1. The van der Waals surface area contributed by atoms with Crippen molar-refractivity contribution in [3.8, 4) is 6.07 Å². The second-order valence-electron chi connectivity index (χ2n) is 4.26. The number of likely N-dealkylation sites (N-methyl/N-ethyl adjacent to an activating group) is 1. The molecular weight excluding hydrogens is 162 g/mol. The van der Waals surface area contributed by atoms with Gasteiger partial charge >= 0.3 is 0 Å². The zero-order chi connectivity index (χ0) is 9.26. The highest BCUT2D eigenvalue weighted by Crippen LogP contribution is 2.37. The fourth-order valence-electron chi connectivity index (χ4n) is 2.68. The van der Waals surface area contributed by atoms with Crippen LogP contribution in [0.4, 0.5) is 0 Å². The molecule has 3 nitrogen and oxygen atoms in total.